The molecule has 0 amide bonds. The summed E-state index contributed by atoms with van der Waals surface area (Å²) in [6.07, 6.45) is 0. The summed E-state index contributed by atoms with van der Waals surface area (Å²) in [4.78, 5) is 0. The minimum absolute atomic E-state index is 0.311. The summed E-state index contributed by atoms with van der Waals surface area (Å²) in [7, 11) is -5.80. The zero-order chi connectivity index (χ0) is 22.2. The maximum absolute atomic E-state index is 13.0. The number of benzene rings is 4. The first-order chi connectivity index (χ1) is 14.5. The molecule has 0 saturated heterocycles. The van der Waals surface area contributed by atoms with Crippen molar-refractivity contribution < 1.29 is 25.8 Å². The average molecular weight is 442 g/mol. The maximum atomic E-state index is 13.0. The summed E-state index contributed by atoms with van der Waals surface area (Å²) in [5.41, 5.74) is -2.41. The van der Waals surface area contributed by atoms with E-state index >= 15 is 0 Å². The van der Waals surface area contributed by atoms with Crippen LogP contribution in [-0.4, -0.2) is 13.9 Å². The lowest BCUT2D eigenvalue weighted by molar-refractivity contribution is -0.0499. The highest BCUT2D eigenvalue weighted by Gasteiger charge is 2.49. The fourth-order valence-corrected chi connectivity index (χ4v) is 5.01. The molecule has 5 rings (SSSR count). The van der Waals surface area contributed by atoms with Crippen LogP contribution in [0.2, 0.25) is 0 Å². The van der Waals surface area contributed by atoms with Gasteiger partial charge in [-0.1, -0.05) is 74.5 Å². The van der Waals surface area contributed by atoms with Gasteiger partial charge < -0.3 is 4.18 Å². The first kappa shape index (κ1) is 19.9. The molecule has 0 bridgehead atoms. The van der Waals surface area contributed by atoms with Crippen LogP contribution in [0.25, 0.3) is 32.7 Å². The number of rotatable bonds is 2. The molecule has 7 heteroatoms. The summed E-state index contributed by atoms with van der Waals surface area (Å²) in [5, 5.41) is 3.05. The molecule has 4 aromatic rings. The lowest BCUT2D eigenvalue weighted by atomic mass is 9.81. The molecule has 31 heavy (non-hydrogen) atoms. The van der Waals surface area contributed by atoms with Crippen molar-refractivity contribution in [2.75, 3.05) is 0 Å². The highest BCUT2D eigenvalue weighted by Crippen LogP contribution is 2.55. The second-order valence-corrected chi connectivity index (χ2v) is 9.70. The molecule has 1 aliphatic carbocycles. The second-order valence-electron chi connectivity index (χ2n) is 8.16. The van der Waals surface area contributed by atoms with Gasteiger partial charge in [0.15, 0.2) is 5.75 Å². The lowest BCUT2D eigenvalue weighted by Crippen LogP contribution is -2.28. The lowest BCUT2D eigenvalue weighted by Gasteiger charge is -2.23. The molecule has 0 saturated carbocycles. The zero-order valence-corrected chi connectivity index (χ0v) is 17.4. The van der Waals surface area contributed by atoms with Gasteiger partial charge in [-0.3, -0.25) is 0 Å². The van der Waals surface area contributed by atoms with E-state index in [-0.39, 0.29) is 5.75 Å². The van der Waals surface area contributed by atoms with Gasteiger partial charge in [-0.05, 0) is 44.5 Å². The largest absolute Gasteiger partial charge is 0.534 e. The SMILES string of the molecule is CC1(C)c2ccc3ccccc3c2-c2c1cc(OS(=O)(=O)C(F)(F)F)c1ccccc21. The van der Waals surface area contributed by atoms with Gasteiger partial charge in [0.25, 0.3) is 0 Å². The molecule has 0 heterocycles. The summed E-state index contributed by atoms with van der Waals surface area (Å²) < 4.78 is 67.2. The highest BCUT2D eigenvalue weighted by atomic mass is 32.2. The molecule has 4 aromatic carbocycles. The molecule has 1 aliphatic rings. The number of halogens is 3. The van der Waals surface area contributed by atoms with Gasteiger partial charge in [0.05, 0.1) is 0 Å². The topological polar surface area (TPSA) is 43.4 Å². The van der Waals surface area contributed by atoms with Gasteiger partial charge in [0.1, 0.15) is 0 Å². The van der Waals surface area contributed by atoms with Crippen LogP contribution in [-0.2, 0) is 15.5 Å². The van der Waals surface area contributed by atoms with E-state index in [1.165, 1.54) is 6.07 Å². The average Bonchev–Trinajstić information content (AvgIpc) is 2.94. The van der Waals surface area contributed by atoms with E-state index in [0.29, 0.717) is 10.8 Å². The van der Waals surface area contributed by atoms with Crippen LogP contribution in [0.15, 0.2) is 66.7 Å². The first-order valence-corrected chi connectivity index (χ1v) is 11.0. The zero-order valence-electron chi connectivity index (χ0n) is 16.6. The summed E-state index contributed by atoms with van der Waals surface area (Å²) in [5.74, 6) is -0.322. The van der Waals surface area contributed by atoms with Crippen LogP contribution in [0.1, 0.15) is 25.0 Å². The van der Waals surface area contributed by atoms with Crippen molar-refractivity contribution in [1.29, 1.82) is 0 Å². The van der Waals surface area contributed by atoms with E-state index in [1.807, 2.05) is 50.2 Å². The Morgan fingerprint density at radius 2 is 1.35 bits per heavy atom. The quantitative estimate of drug-likeness (QED) is 0.262. The fourth-order valence-electron chi connectivity index (χ4n) is 4.55. The van der Waals surface area contributed by atoms with Crippen molar-refractivity contribution in [3.63, 3.8) is 0 Å². The Labute approximate surface area is 177 Å². The Morgan fingerprint density at radius 1 is 0.774 bits per heavy atom. The van der Waals surface area contributed by atoms with Gasteiger partial charge >= 0.3 is 15.6 Å². The van der Waals surface area contributed by atoms with Crippen LogP contribution in [0.4, 0.5) is 13.2 Å². The predicted molar refractivity (Wildman–Crippen MR) is 115 cm³/mol. The van der Waals surface area contributed by atoms with Gasteiger partial charge in [0, 0.05) is 10.8 Å². The molecule has 158 valence electrons. The van der Waals surface area contributed by atoms with E-state index in [9.17, 15) is 21.6 Å². The van der Waals surface area contributed by atoms with Crippen LogP contribution in [0.3, 0.4) is 0 Å². The van der Waals surface area contributed by atoms with E-state index < -0.39 is 21.0 Å². The smallest absolute Gasteiger partial charge is 0.375 e. The van der Waals surface area contributed by atoms with Crippen LogP contribution in [0.5, 0.6) is 5.75 Å². The fraction of sp³-hybridized carbons (Fsp3) is 0.167. The molecule has 0 aliphatic heterocycles. The third-order valence-corrected chi connectivity index (χ3v) is 6.98. The number of alkyl halides is 3. The molecule has 0 N–H and O–H groups in total. The Hall–Kier alpha value is -3.06. The normalized spacial score (nSPS) is 15.1. The standard InChI is InChI=1S/C24H17F3O3S/c1-23(2)18-12-11-14-7-3-4-8-15(14)21(18)22-17-10-6-5-9-16(17)20(13-19(22)23)30-31(28,29)24(25,26)27/h3-13H,1-2H3. The summed E-state index contributed by atoms with van der Waals surface area (Å²) in [6, 6.07) is 20.2. The van der Waals surface area contributed by atoms with Gasteiger partial charge in [-0.2, -0.15) is 21.6 Å². The molecular formula is C24H17F3O3S. The van der Waals surface area contributed by atoms with Crippen molar-refractivity contribution in [2.45, 2.75) is 24.8 Å². The van der Waals surface area contributed by atoms with Crippen molar-refractivity contribution >= 4 is 31.7 Å². The van der Waals surface area contributed by atoms with E-state index in [1.54, 1.807) is 24.3 Å². The Morgan fingerprint density at radius 3 is 2.03 bits per heavy atom. The van der Waals surface area contributed by atoms with Crippen molar-refractivity contribution in [3.8, 4) is 16.9 Å². The van der Waals surface area contributed by atoms with Crippen molar-refractivity contribution in [3.05, 3.63) is 77.9 Å². The van der Waals surface area contributed by atoms with Crippen molar-refractivity contribution in [1.82, 2.24) is 0 Å². The third kappa shape index (κ3) is 2.76. The van der Waals surface area contributed by atoms with Gasteiger partial charge in [0.2, 0.25) is 0 Å². The van der Waals surface area contributed by atoms with E-state index in [2.05, 4.69) is 4.18 Å². The molecule has 0 radical (unpaired) electrons. The highest BCUT2D eigenvalue weighted by molar-refractivity contribution is 7.88. The second kappa shape index (κ2) is 6.23. The van der Waals surface area contributed by atoms with Crippen LogP contribution in [0, 0.1) is 0 Å². The molecule has 0 fully saturated rings. The van der Waals surface area contributed by atoms with Gasteiger partial charge in [-0.25, -0.2) is 0 Å². The van der Waals surface area contributed by atoms with Gasteiger partial charge in [-0.15, -0.1) is 0 Å². The molecule has 0 atom stereocenters. The van der Waals surface area contributed by atoms with E-state index in [4.69, 9.17) is 0 Å². The molecular weight excluding hydrogens is 425 g/mol. The van der Waals surface area contributed by atoms with E-state index in [0.717, 1.165) is 33.0 Å². The Bertz CT molecular complexity index is 1490. The summed E-state index contributed by atoms with van der Waals surface area (Å²) in [6.45, 7) is 3.95. The molecule has 3 nitrogen and oxygen atoms in total. The minimum Gasteiger partial charge on any atom is -0.375 e. The number of fused-ring (bicyclic) bond motifs is 7. The number of hydrogen-bond acceptors (Lipinski definition) is 3. The first-order valence-electron chi connectivity index (χ1n) is 9.62. The Kier molecular flexibility index (Phi) is 3.99. The maximum Gasteiger partial charge on any atom is 0.534 e. The monoisotopic (exact) mass is 442 g/mol. The third-order valence-electron chi connectivity index (χ3n) is 6.02. The predicted octanol–water partition coefficient (Wildman–Crippen LogP) is 6.53. The molecule has 0 spiro atoms. The van der Waals surface area contributed by atoms with Crippen LogP contribution < -0.4 is 4.18 Å². The summed E-state index contributed by atoms with van der Waals surface area (Å²) >= 11 is 0. The van der Waals surface area contributed by atoms with Crippen molar-refractivity contribution in [2.24, 2.45) is 0 Å². The molecule has 0 unspecified atom stereocenters. The minimum atomic E-state index is -5.80. The molecule has 0 aromatic heterocycles. The van der Waals surface area contributed by atoms with Crippen LogP contribution >= 0.6 is 0 Å². The Balaban J connectivity index is 1.89. The number of hydrogen-bond donors (Lipinski definition) is 0.